The molecule has 0 spiro atoms. The zero-order chi connectivity index (χ0) is 28.8. The lowest BCUT2D eigenvalue weighted by Crippen LogP contribution is -1.98. The van der Waals surface area contributed by atoms with Crippen LogP contribution in [-0.2, 0) is 12.8 Å². The molecule has 0 unspecified atom stereocenters. The van der Waals surface area contributed by atoms with E-state index in [1.165, 1.54) is 97.7 Å². The highest BCUT2D eigenvalue weighted by atomic mass is 14.3. The van der Waals surface area contributed by atoms with Gasteiger partial charge in [-0.1, -0.05) is 140 Å². The van der Waals surface area contributed by atoms with E-state index in [2.05, 4.69) is 146 Å². The van der Waals surface area contributed by atoms with Gasteiger partial charge >= 0.3 is 0 Å². The Hall–Kier alpha value is -5.46. The fourth-order valence-corrected chi connectivity index (χ4v) is 8.31. The van der Waals surface area contributed by atoms with Crippen molar-refractivity contribution in [2.24, 2.45) is 0 Å². The Balaban J connectivity index is 1.51. The Morgan fingerprint density at radius 3 is 1.41 bits per heavy atom. The minimum Gasteiger partial charge on any atom is -0.0622 e. The highest BCUT2D eigenvalue weighted by Gasteiger charge is 2.25. The lowest BCUT2D eigenvalue weighted by Gasteiger charge is -2.19. The largest absolute Gasteiger partial charge is 0.0622 e. The van der Waals surface area contributed by atoms with Gasteiger partial charge in [0.25, 0.3) is 0 Å². The molecule has 0 aliphatic rings. The zero-order valence-corrected chi connectivity index (χ0v) is 24.3. The molecule has 0 aliphatic heterocycles. The van der Waals surface area contributed by atoms with Gasteiger partial charge in [0.1, 0.15) is 0 Å². The molecule has 10 aromatic rings. The summed E-state index contributed by atoms with van der Waals surface area (Å²) < 4.78 is 0. The summed E-state index contributed by atoms with van der Waals surface area (Å²) in [6, 6.07) is 54.3. The monoisotopic (exact) mass is 556 g/mol. The van der Waals surface area contributed by atoms with Crippen LogP contribution in [0, 0.1) is 0 Å². The van der Waals surface area contributed by atoms with E-state index in [-0.39, 0.29) is 0 Å². The van der Waals surface area contributed by atoms with E-state index < -0.39 is 0 Å². The van der Waals surface area contributed by atoms with E-state index in [0.717, 1.165) is 12.8 Å². The lowest BCUT2D eigenvalue weighted by atomic mass is 9.84. The van der Waals surface area contributed by atoms with Crippen LogP contribution < -0.4 is 0 Å². The smallest absolute Gasteiger partial charge is 0.00130 e. The van der Waals surface area contributed by atoms with Crippen molar-refractivity contribution in [3.05, 3.63) is 168 Å². The molecule has 0 N–H and O–H groups in total. The Bertz CT molecular complexity index is 2680. The molecule has 0 radical (unpaired) electrons. The Labute approximate surface area is 255 Å². The van der Waals surface area contributed by atoms with Gasteiger partial charge in [0.2, 0.25) is 0 Å². The molecule has 10 rings (SSSR count). The zero-order valence-electron chi connectivity index (χ0n) is 24.3. The Morgan fingerprint density at radius 2 is 0.750 bits per heavy atom. The lowest BCUT2D eigenvalue weighted by molar-refractivity contribution is 1.22. The fraction of sp³-hybridized carbons (Fsp3) is 0.0455. The molecule has 0 bridgehead atoms. The number of hydrogen-bond acceptors (Lipinski definition) is 0. The molecule has 0 saturated carbocycles. The number of hydrogen-bond donors (Lipinski definition) is 0. The standard InChI is InChI=1S/C44H28/c1-3-12-27(13-4-1)24-36-38-26-37-31-19-8-7-18-30(31)32-20-11-23-35(41(32)37)42(38)39(25-28-14-5-2-6-15-28)44-34-22-10-17-29-16-9-21-33(40(29)34)43(36)44/h1-23,26H,24-25H2. The quantitative estimate of drug-likeness (QED) is 0.189. The third kappa shape index (κ3) is 3.23. The second-order valence-corrected chi connectivity index (χ2v) is 12.4. The van der Waals surface area contributed by atoms with Crippen molar-refractivity contribution < 1.29 is 0 Å². The van der Waals surface area contributed by atoms with Crippen LogP contribution in [0.2, 0.25) is 0 Å². The molecular formula is C44H28. The summed E-state index contributed by atoms with van der Waals surface area (Å²) in [7, 11) is 0. The summed E-state index contributed by atoms with van der Waals surface area (Å²) in [5, 5.41) is 19.3. The van der Waals surface area contributed by atoms with Crippen molar-refractivity contribution in [3.8, 4) is 0 Å². The van der Waals surface area contributed by atoms with E-state index in [0.29, 0.717) is 0 Å². The maximum Gasteiger partial charge on any atom is -0.00130 e. The molecule has 0 aromatic heterocycles. The maximum atomic E-state index is 2.54. The first-order valence-corrected chi connectivity index (χ1v) is 15.6. The maximum absolute atomic E-state index is 2.54. The third-order valence-electron chi connectivity index (χ3n) is 10.0. The molecule has 0 heterocycles. The molecule has 0 atom stereocenters. The van der Waals surface area contributed by atoms with Crippen molar-refractivity contribution in [2.75, 3.05) is 0 Å². The summed E-state index contributed by atoms with van der Waals surface area (Å²) in [6.07, 6.45) is 1.78. The molecular weight excluding hydrogens is 528 g/mol. The first-order chi connectivity index (χ1) is 21.8. The normalized spacial score (nSPS) is 12.3. The minimum absolute atomic E-state index is 0.890. The summed E-state index contributed by atoms with van der Waals surface area (Å²) in [4.78, 5) is 0. The summed E-state index contributed by atoms with van der Waals surface area (Å²) in [5.41, 5.74) is 5.58. The first kappa shape index (κ1) is 24.0. The van der Waals surface area contributed by atoms with Crippen molar-refractivity contribution in [2.45, 2.75) is 12.8 Å². The topological polar surface area (TPSA) is 0 Å². The van der Waals surface area contributed by atoms with E-state index in [9.17, 15) is 0 Å². The molecule has 0 aliphatic carbocycles. The van der Waals surface area contributed by atoms with Crippen LogP contribution in [0.4, 0.5) is 0 Å². The van der Waals surface area contributed by atoms with E-state index in [1.807, 2.05) is 0 Å². The van der Waals surface area contributed by atoms with Crippen LogP contribution >= 0.6 is 0 Å². The SMILES string of the molecule is c1ccc(Cc2c3cc4c5ccccc5c5cccc(c3c(Cc3ccccc3)c3c6cccc7cccc(c23)c76)c54)cc1. The van der Waals surface area contributed by atoms with Gasteiger partial charge in [0.05, 0.1) is 0 Å². The second-order valence-electron chi connectivity index (χ2n) is 12.4. The van der Waals surface area contributed by atoms with Crippen LogP contribution in [0.25, 0.3) is 75.4 Å². The number of fused-ring (bicyclic) bond motifs is 8. The highest BCUT2D eigenvalue weighted by molar-refractivity contribution is 6.39. The fourth-order valence-electron chi connectivity index (χ4n) is 8.31. The van der Waals surface area contributed by atoms with Crippen molar-refractivity contribution >= 4 is 75.4 Å². The van der Waals surface area contributed by atoms with Crippen molar-refractivity contribution in [1.29, 1.82) is 0 Å². The predicted octanol–water partition coefficient (Wildman–Crippen LogP) is 11.8. The van der Waals surface area contributed by atoms with E-state index in [1.54, 1.807) is 0 Å². The number of rotatable bonds is 4. The van der Waals surface area contributed by atoms with Gasteiger partial charge in [-0.3, -0.25) is 0 Å². The van der Waals surface area contributed by atoms with Gasteiger partial charge in [-0.25, -0.2) is 0 Å². The molecule has 0 nitrogen and oxygen atoms in total. The van der Waals surface area contributed by atoms with Gasteiger partial charge in [-0.05, 0) is 117 Å². The van der Waals surface area contributed by atoms with Crippen LogP contribution in [0.1, 0.15) is 22.3 Å². The average Bonchev–Trinajstić information content (AvgIpc) is 3.59. The van der Waals surface area contributed by atoms with Gasteiger partial charge in [-0.2, -0.15) is 0 Å². The summed E-state index contributed by atoms with van der Waals surface area (Å²) in [6.45, 7) is 0. The highest BCUT2D eigenvalue weighted by Crippen LogP contribution is 2.50. The summed E-state index contributed by atoms with van der Waals surface area (Å²) in [5.74, 6) is 0. The predicted molar refractivity (Wildman–Crippen MR) is 190 cm³/mol. The van der Waals surface area contributed by atoms with E-state index in [4.69, 9.17) is 0 Å². The molecule has 0 amide bonds. The molecule has 0 saturated heterocycles. The summed E-state index contributed by atoms with van der Waals surface area (Å²) >= 11 is 0. The van der Waals surface area contributed by atoms with Crippen LogP contribution in [0.15, 0.2) is 146 Å². The van der Waals surface area contributed by atoms with Gasteiger partial charge in [0.15, 0.2) is 0 Å². The first-order valence-electron chi connectivity index (χ1n) is 15.6. The van der Waals surface area contributed by atoms with Crippen molar-refractivity contribution in [3.63, 3.8) is 0 Å². The van der Waals surface area contributed by atoms with Crippen molar-refractivity contribution in [1.82, 2.24) is 0 Å². The van der Waals surface area contributed by atoms with Crippen LogP contribution in [0.3, 0.4) is 0 Å². The molecule has 204 valence electrons. The molecule has 0 fully saturated rings. The van der Waals surface area contributed by atoms with Gasteiger partial charge in [0, 0.05) is 0 Å². The second kappa shape index (κ2) is 9.02. The van der Waals surface area contributed by atoms with E-state index >= 15 is 0 Å². The van der Waals surface area contributed by atoms with Crippen LogP contribution in [0.5, 0.6) is 0 Å². The van der Waals surface area contributed by atoms with Gasteiger partial charge in [-0.15, -0.1) is 0 Å². The molecule has 44 heavy (non-hydrogen) atoms. The Morgan fingerprint density at radius 1 is 0.273 bits per heavy atom. The van der Waals surface area contributed by atoms with Gasteiger partial charge < -0.3 is 0 Å². The average molecular weight is 557 g/mol. The molecule has 10 aromatic carbocycles. The third-order valence-corrected chi connectivity index (χ3v) is 10.0. The molecule has 0 heteroatoms. The minimum atomic E-state index is 0.890. The number of benzene rings is 8. The Kier molecular flexibility index (Phi) is 4.93. The van der Waals surface area contributed by atoms with Crippen LogP contribution in [-0.4, -0.2) is 0 Å².